The Balaban J connectivity index is 1.88. The molecule has 30 heavy (non-hydrogen) atoms. The number of fused-ring (bicyclic) bond motifs is 1. The monoisotopic (exact) mass is 408 g/mol. The van der Waals surface area contributed by atoms with Crippen molar-refractivity contribution in [1.29, 1.82) is 0 Å². The molecular weight excluding hydrogens is 384 g/mol. The van der Waals surface area contributed by atoms with Crippen molar-refractivity contribution in [2.24, 2.45) is 11.0 Å². The molecule has 8 heteroatoms. The lowest BCUT2D eigenvalue weighted by atomic mass is 9.82. The Morgan fingerprint density at radius 2 is 1.80 bits per heavy atom. The zero-order chi connectivity index (χ0) is 21.4. The molecule has 0 saturated heterocycles. The molecule has 0 radical (unpaired) electrons. The molecule has 2 aromatic carbocycles. The van der Waals surface area contributed by atoms with Crippen LogP contribution in [-0.2, 0) is 0 Å². The number of carbonyl (C=O) groups is 1. The van der Waals surface area contributed by atoms with Gasteiger partial charge in [0.15, 0.2) is 0 Å². The number of carbonyl (C=O) groups excluding carboxylic acids is 1. The molecule has 0 unspecified atom stereocenters. The van der Waals surface area contributed by atoms with Crippen LogP contribution < -0.4 is 4.90 Å². The predicted octanol–water partition coefficient (Wildman–Crippen LogP) is 5.10. The Bertz CT molecular complexity index is 1030. The van der Waals surface area contributed by atoms with Crippen molar-refractivity contribution in [2.75, 3.05) is 11.9 Å². The average molecular weight is 408 g/mol. The van der Waals surface area contributed by atoms with Gasteiger partial charge in [-0.15, -0.1) is 0 Å². The number of aryl methyl sites for hydroxylation is 1. The summed E-state index contributed by atoms with van der Waals surface area (Å²) >= 11 is 0. The number of non-ortho nitro benzene ring substituents is 1. The predicted molar refractivity (Wildman–Crippen MR) is 114 cm³/mol. The Labute approximate surface area is 174 Å². The number of nitrogens with zero attached hydrogens (tertiary/aromatic N) is 4. The highest BCUT2D eigenvalue weighted by atomic mass is 16.6. The van der Waals surface area contributed by atoms with E-state index in [1.807, 2.05) is 0 Å². The van der Waals surface area contributed by atoms with Crippen LogP contribution in [0.4, 0.5) is 21.9 Å². The Morgan fingerprint density at radius 1 is 1.13 bits per heavy atom. The van der Waals surface area contributed by atoms with E-state index in [0.29, 0.717) is 16.9 Å². The largest absolute Gasteiger partial charge is 0.508 e. The Morgan fingerprint density at radius 3 is 2.43 bits per heavy atom. The second kappa shape index (κ2) is 7.78. The maximum Gasteiger partial charge on any atom is 0.349 e. The van der Waals surface area contributed by atoms with Gasteiger partial charge in [-0.1, -0.05) is 19.3 Å². The standard InChI is InChI=1S/C22H24N4O4/c1-14-12-19-18(13-20(14)27)21(15-6-4-3-5-7-15)23-24(2)22(28)25(19)16-8-10-17(11-9-16)26(29)30/h8-13,15,27H,3-7H2,1-2H3. The molecule has 1 N–H and O–H groups in total. The van der Waals surface area contributed by atoms with E-state index >= 15 is 0 Å². The SMILES string of the molecule is Cc1cc2c(cc1O)C(C1CCCCC1)=NN(C)C(=O)N2c1ccc([N+](=O)[O-])cc1. The van der Waals surface area contributed by atoms with Crippen molar-refractivity contribution in [3.8, 4) is 5.75 Å². The minimum atomic E-state index is -0.472. The van der Waals surface area contributed by atoms with Crippen molar-refractivity contribution < 1.29 is 14.8 Å². The third-order valence-electron chi connectivity index (χ3n) is 5.87. The van der Waals surface area contributed by atoms with E-state index in [0.717, 1.165) is 37.0 Å². The van der Waals surface area contributed by atoms with Gasteiger partial charge in [0.25, 0.3) is 5.69 Å². The van der Waals surface area contributed by atoms with Crippen molar-refractivity contribution in [1.82, 2.24) is 5.01 Å². The fraction of sp³-hybridized carbons (Fsp3) is 0.364. The number of anilines is 2. The zero-order valence-corrected chi connectivity index (χ0v) is 17.0. The molecule has 2 aliphatic rings. The number of urea groups is 1. The van der Waals surface area contributed by atoms with Gasteiger partial charge in [-0.05, 0) is 49.6 Å². The Kier molecular flexibility index (Phi) is 5.15. The zero-order valence-electron chi connectivity index (χ0n) is 17.0. The van der Waals surface area contributed by atoms with Crippen LogP contribution in [-0.4, -0.2) is 33.8 Å². The summed E-state index contributed by atoms with van der Waals surface area (Å²) in [5.74, 6) is 0.365. The summed E-state index contributed by atoms with van der Waals surface area (Å²) in [5.41, 5.74) is 3.25. The van der Waals surface area contributed by atoms with E-state index in [-0.39, 0.29) is 23.4 Å². The average Bonchev–Trinajstić information content (AvgIpc) is 2.84. The number of aromatic hydroxyl groups is 1. The third kappa shape index (κ3) is 3.49. The smallest absolute Gasteiger partial charge is 0.349 e. The van der Waals surface area contributed by atoms with E-state index in [1.165, 1.54) is 28.5 Å². The highest BCUT2D eigenvalue weighted by Gasteiger charge is 2.33. The number of hydrogen-bond donors (Lipinski definition) is 1. The summed E-state index contributed by atoms with van der Waals surface area (Å²) in [6, 6.07) is 8.97. The molecule has 2 amide bonds. The van der Waals surface area contributed by atoms with Crippen molar-refractivity contribution in [3.63, 3.8) is 0 Å². The first kappa shape index (κ1) is 19.9. The second-order valence-electron chi connectivity index (χ2n) is 7.89. The van der Waals surface area contributed by atoms with E-state index in [2.05, 4.69) is 5.10 Å². The van der Waals surface area contributed by atoms with Crippen LogP contribution in [0.5, 0.6) is 5.75 Å². The summed E-state index contributed by atoms with van der Waals surface area (Å²) in [7, 11) is 1.61. The second-order valence-corrected chi connectivity index (χ2v) is 7.89. The summed E-state index contributed by atoms with van der Waals surface area (Å²) in [4.78, 5) is 25.4. The molecule has 0 bridgehead atoms. The first-order valence-electron chi connectivity index (χ1n) is 10.1. The lowest BCUT2D eigenvalue weighted by Crippen LogP contribution is -2.34. The van der Waals surface area contributed by atoms with Crippen LogP contribution in [0, 0.1) is 23.0 Å². The van der Waals surface area contributed by atoms with Gasteiger partial charge < -0.3 is 5.11 Å². The number of benzene rings is 2. The normalized spacial score (nSPS) is 17.4. The maximum atomic E-state index is 13.3. The molecule has 8 nitrogen and oxygen atoms in total. The number of phenolic OH excluding ortho intramolecular Hbond substituents is 1. The van der Waals surface area contributed by atoms with Gasteiger partial charge in [-0.3, -0.25) is 15.0 Å². The number of hydrazone groups is 1. The molecule has 156 valence electrons. The number of nitro groups is 1. The lowest BCUT2D eigenvalue weighted by molar-refractivity contribution is -0.384. The summed E-state index contributed by atoms with van der Waals surface area (Å²) in [6.45, 7) is 1.78. The van der Waals surface area contributed by atoms with E-state index in [9.17, 15) is 20.0 Å². The van der Waals surface area contributed by atoms with Gasteiger partial charge >= 0.3 is 6.03 Å². The summed E-state index contributed by atoms with van der Waals surface area (Å²) in [5, 5.41) is 27.4. The molecule has 1 aliphatic heterocycles. The quantitative estimate of drug-likeness (QED) is 0.564. The first-order chi connectivity index (χ1) is 14.4. The number of rotatable bonds is 3. The van der Waals surface area contributed by atoms with E-state index in [4.69, 9.17) is 0 Å². The number of amides is 2. The van der Waals surface area contributed by atoms with Gasteiger partial charge in [0.2, 0.25) is 0 Å². The molecule has 0 aromatic heterocycles. The van der Waals surface area contributed by atoms with Crippen molar-refractivity contribution in [2.45, 2.75) is 39.0 Å². The fourth-order valence-corrected chi connectivity index (χ4v) is 4.23. The van der Waals surface area contributed by atoms with Gasteiger partial charge in [-0.2, -0.15) is 5.10 Å². The van der Waals surface area contributed by atoms with E-state index in [1.54, 1.807) is 38.2 Å². The first-order valence-corrected chi connectivity index (χ1v) is 10.1. The highest BCUT2D eigenvalue weighted by Crippen LogP contribution is 2.40. The molecule has 1 fully saturated rings. The van der Waals surface area contributed by atoms with E-state index < -0.39 is 4.92 Å². The number of hydrogen-bond acceptors (Lipinski definition) is 5. The van der Waals surface area contributed by atoms with Crippen LogP contribution in [0.15, 0.2) is 41.5 Å². The minimum absolute atomic E-state index is 0.0457. The third-order valence-corrected chi connectivity index (χ3v) is 5.87. The summed E-state index contributed by atoms with van der Waals surface area (Å²) in [6.07, 6.45) is 5.40. The fourth-order valence-electron chi connectivity index (χ4n) is 4.23. The van der Waals surface area contributed by atoms with Gasteiger partial charge in [-0.25, -0.2) is 9.80 Å². The van der Waals surface area contributed by atoms with Crippen LogP contribution in [0.1, 0.15) is 43.2 Å². The van der Waals surface area contributed by atoms with Gasteiger partial charge in [0.05, 0.1) is 22.0 Å². The van der Waals surface area contributed by atoms with Crippen LogP contribution in [0.25, 0.3) is 0 Å². The highest BCUT2D eigenvalue weighted by molar-refractivity contribution is 6.14. The lowest BCUT2D eigenvalue weighted by Gasteiger charge is -2.26. The van der Waals surface area contributed by atoms with Crippen molar-refractivity contribution >= 4 is 28.8 Å². The minimum Gasteiger partial charge on any atom is -0.508 e. The van der Waals surface area contributed by atoms with Gasteiger partial charge in [0.1, 0.15) is 5.75 Å². The van der Waals surface area contributed by atoms with Crippen molar-refractivity contribution in [3.05, 3.63) is 57.6 Å². The van der Waals surface area contributed by atoms with Gasteiger partial charge in [0, 0.05) is 30.7 Å². The Hall–Kier alpha value is -3.42. The number of nitro benzene ring substituents is 1. The van der Waals surface area contributed by atoms with Crippen LogP contribution >= 0.6 is 0 Å². The van der Waals surface area contributed by atoms with Crippen LogP contribution in [0.2, 0.25) is 0 Å². The molecule has 1 saturated carbocycles. The molecule has 0 atom stereocenters. The molecule has 1 aliphatic carbocycles. The maximum absolute atomic E-state index is 13.3. The molecule has 1 heterocycles. The topological polar surface area (TPSA) is 99.3 Å². The molecule has 4 rings (SSSR count). The molecule has 2 aromatic rings. The summed E-state index contributed by atoms with van der Waals surface area (Å²) < 4.78 is 0. The molecular formula is C22H24N4O4. The van der Waals surface area contributed by atoms with Crippen LogP contribution in [0.3, 0.4) is 0 Å². The number of phenols is 1. The molecule has 0 spiro atoms.